The quantitative estimate of drug-likeness (QED) is 0.521. The number of guanidine groups is 1. The van der Waals surface area contributed by atoms with Gasteiger partial charge in [0.2, 0.25) is 0 Å². The Labute approximate surface area is 204 Å². The van der Waals surface area contributed by atoms with E-state index in [0.29, 0.717) is 26.2 Å². The summed E-state index contributed by atoms with van der Waals surface area (Å²) in [5.41, 5.74) is -0.662. The van der Waals surface area contributed by atoms with Crippen LogP contribution in [0.3, 0.4) is 0 Å². The van der Waals surface area contributed by atoms with Crippen molar-refractivity contribution in [3.05, 3.63) is 23.4 Å². The summed E-state index contributed by atoms with van der Waals surface area (Å²) in [6, 6.07) is -0.742. The Morgan fingerprint density at radius 1 is 1.17 bits per heavy atom. The minimum Gasteiger partial charge on any atom is -0.369 e. The van der Waals surface area contributed by atoms with Gasteiger partial charge in [-0.3, -0.25) is 9.89 Å². The van der Waals surface area contributed by atoms with Gasteiger partial charge in [0, 0.05) is 49.4 Å². The maximum Gasteiger partial charge on any atom is 0.414 e. The molecule has 11 heteroatoms. The maximum absolute atomic E-state index is 14.7. The van der Waals surface area contributed by atoms with E-state index in [1.54, 1.807) is 17.1 Å². The third-order valence-corrected chi connectivity index (χ3v) is 7.87. The molecule has 0 spiro atoms. The molecule has 3 aliphatic heterocycles. The molecule has 0 radical (unpaired) electrons. The van der Waals surface area contributed by atoms with Crippen molar-refractivity contribution in [2.24, 2.45) is 9.98 Å². The lowest BCUT2D eigenvalue weighted by atomic mass is 9.94. The first kappa shape index (κ1) is 25.9. The van der Waals surface area contributed by atoms with Crippen molar-refractivity contribution in [2.45, 2.75) is 76.0 Å². The average Bonchev–Trinajstić information content (AvgIpc) is 2.94. The second kappa shape index (κ2) is 9.38. The predicted octanol–water partition coefficient (Wildman–Crippen LogP) is 2.58. The van der Waals surface area contributed by atoms with Crippen LogP contribution in [0.15, 0.2) is 33.4 Å². The number of rotatable bonds is 3. The molecular weight excluding hydrogens is 462 g/mol. The summed E-state index contributed by atoms with van der Waals surface area (Å²) < 4.78 is 56.5. The molecule has 1 aliphatic carbocycles. The molecular formula is C24H37F4N7. The zero-order valence-electron chi connectivity index (χ0n) is 21.1. The molecule has 4 aliphatic rings. The van der Waals surface area contributed by atoms with Crippen LogP contribution in [-0.2, 0) is 0 Å². The Morgan fingerprint density at radius 3 is 2.46 bits per heavy atom. The average molecular weight is 500 g/mol. The van der Waals surface area contributed by atoms with Crippen LogP contribution in [0.2, 0.25) is 0 Å². The van der Waals surface area contributed by atoms with Crippen molar-refractivity contribution in [3.63, 3.8) is 0 Å². The number of alkyl halides is 4. The normalized spacial score (nSPS) is 32.6. The van der Waals surface area contributed by atoms with E-state index in [2.05, 4.69) is 53.5 Å². The van der Waals surface area contributed by atoms with Gasteiger partial charge in [0.25, 0.3) is 0 Å². The van der Waals surface area contributed by atoms with Gasteiger partial charge in [-0.15, -0.1) is 0 Å². The number of likely N-dealkylation sites (N-methyl/N-ethyl adjacent to an activating group) is 1. The zero-order valence-corrected chi connectivity index (χ0v) is 21.1. The van der Waals surface area contributed by atoms with E-state index in [-0.39, 0.29) is 47.6 Å². The van der Waals surface area contributed by atoms with Crippen molar-refractivity contribution in [1.29, 1.82) is 0 Å². The molecule has 0 aromatic carbocycles. The smallest absolute Gasteiger partial charge is 0.369 e. The number of piperazine rings is 1. The number of aliphatic imine (C=N–C) groups is 2. The highest BCUT2D eigenvalue weighted by Crippen LogP contribution is 2.41. The summed E-state index contributed by atoms with van der Waals surface area (Å²) in [6.07, 6.45) is -1.99. The first-order valence-electron chi connectivity index (χ1n) is 12.3. The number of likely N-dealkylation sites (tertiary alicyclic amines) is 1. The largest absolute Gasteiger partial charge is 0.414 e. The van der Waals surface area contributed by atoms with Crippen LogP contribution in [-0.4, -0.2) is 96.9 Å². The standard InChI is InChI=1S/C24H37F4N7/c1-22(2)13-19(23(3,4)34(22)5)32-20-17(25)14-30-21(33-20)31-15-6-7-18(16(12-15)24(26,27)28)35-10-8-29-9-11-35/h6-7,15,17,19,29H,8-14H2,1-5H3,(H2,30,31,32,33). The van der Waals surface area contributed by atoms with Gasteiger partial charge in [-0.25, -0.2) is 9.38 Å². The maximum atomic E-state index is 14.7. The fraction of sp³-hybridized carbons (Fsp3) is 0.750. The summed E-state index contributed by atoms with van der Waals surface area (Å²) in [7, 11) is 2.05. The van der Waals surface area contributed by atoms with E-state index in [1.165, 1.54) is 0 Å². The predicted molar refractivity (Wildman–Crippen MR) is 130 cm³/mol. The molecule has 196 valence electrons. The SMILES string of the molecule is CN1C(C)(C)CC(N=C2NC(NC3C=CC(N4CCNCC4)=C(C(F)(F)F)C3)=NCC2F)C1(C)C. The van der Waals surface area contributed by atoms with Crippen molar-refractivity contribution in [3.8, 4) is 0 Å². The zero-order chi connectivity index (χ0) is 25.6. The van der Waals surface area contributed by atoms with Crippen molar-refractivity contribution < 1.29 is 17.6 Å². The number of nitrogens with one attached hydrogen (secondary N) is 3. The molecule has 3 heterocycles. The van der Waals surface area contributed by atoms with E-state index in [9.17, 15) is 17.6 Å². The van der Waals surface area contributed by atoms with Gasteiger partial charge in [-0.05, 0) is 47.2 Å². The van der Waals surface area contributed by atoms with E-state index in [0.717, 1.165) is 6.42 Å². The summed E-state index contributed by atoms with van der Waals surface area (Å²) in [6.45, 7) is 10.7. The van der Waals surface area contributed by atoms with Gasteiger partial charge < -0.3 is 20.9 Å². The second-order valence-corrected chi connectivity index (χ2v) is 11.0. The van der Waals surface area contributed by atoms with Crippen LogP contribution in [0, 0.1) is 0 Å². The fourth-order valence-corrected chi connectivity index (χ4v) is 5.37. The number of halogens is 4. The van der Waals surface area contributed by atoms with Gasteiger partial charge in [0.15, 0.2) is 12.1 Å². The molecule has 4 rings (SSSR count). The summed E-state index contributed by atoms with van der Waals surface area (Å²) in [5.74, 6) is 0.433. The molecule has 0 saturated carbocycles. The topological polar surface area (TPSA) is 67.3 Å². The van der Waals surface area contributed by atoms with Crippen LogP contribution in [0.4, 0.5) is 17.6 Å². The molecule has 3 unspecified atom stereocenters. The number of hydrogen-bond donors (Lipinski definition) is 3. The monoisotopic (exact) mass is 499 g/mol. The first-order chi connectivity index (χ1) is 16.3. The van der Waals surface area contributed by atoms with Crippen LogP contribution >= 0.6 is 0 Å². The Kier molecular flexibility index (Phi) is 6.95. The lowest BCUT2D eigenvalue weighted by Gasteiger charge is -2.37. The van der Waals surface area contributed by atoms with Crippen LogP contribution in [0.1, 0.15) is 40.5 Å². The van der Waals surface area contributed by atoms with Gasteiger partial charge in [-0.1, -0.05) is 6.08 Å². The first-order valence-corrected chi connectivity index (χ1v) is 12.3. The minimum absolute atomic E-state index is 0.0801. The lowest BCUT2D eigenvalue weighted by Crippen LogP contribution is -2.53. The highest BCUT2D eigenvalue weighted by molar-refractivity contribution is 6.04. The molecule has 0 bridgehead atoms. The Balaban J connectivity index is 1.47. The lowest BCUT2D eigenvalue weighted by molar-refractivity contribution is -0.0966. The van der Waals surface area contributed by atoms with Gasteiger partial charge >= 0.3 is 6.18 Å². The van der Waals surface area contributed by atoms with Crippen molar-refractivity contribution >= 4 is 11.8 Å². The number of hydrogen-bond acceptors (Lipinski definition) is 6. The number of nitrogens with zero attached hydrogens (tertiary/aromatic N) is 4. The molecule has 7 nitrogen and oxygen atoms in total. The second-order valence-electron chi connectivity index (χ2n) is 11.0. The molecule has 35 heavy (non-hydrogen) atoms. The Bertz CT molecular complexity index is 929. The van der Waals surface area contributed by atoms with Crippen LogP contribution in [0.25, 0.3) is 0 Å². The number of amidine groups is 1. The van der Waals surface area contributed by atoms with Gasteiger partial charge in [0.05, 0.1) is 24.2 Å². The van der Waals surface area contributed by atoms with E-state index >= 15 is 0 Å². The molecule has 0 aromatic heterocycles. The van der Waals surface area contributed by atoms with Gasteiger partial charge in [-0.2, -0.15) is 13.2 Å². The molecule has 3 N–H and O–H groups in total. The summed E-state index contributed by atoms with van der Waals surface area (Å²) in [4.78, 5) is 13.0. The highest BCUT2D eigenvalue weighted by atomic mass is 19.4. The minimum atomic E-state index is -4.43. The highest BCUT2D eigenvalue weighted by Gasteiger charge is 2.50. The van der Waals surface area contributed by atoms with Crippen molar-refractivity contribution in [1.82, 2.24) is 25.8 Å². The van der Waals surface area contributed by atoms with Crippen LogP contribution in [0.5, 0.6) is 0 Å². The fourth-order valence-electron chi connectivity index (χ4n) is 5.37. The number of allylic oxidation sites excluding steroid dienone is 1. The van der Waals surface area contributed by atoms with Crippen LogP contribution < -0.4 is 16.0 Å². The Hall–Kier alpha value is -2.14. The van der Waals surface area contributed by atoms with E-state index in [1.807, 2.05) is 7.05 Å². The molecule has 0 aromatic rings. The van der Waals surface area contributed by atoms with E-state index < -0.39 is 24.0 Å². The molecule has 0 amide bonds. The molecule has 2 fully saturated rings. The summed E-state index contributed by atoms with van der Waals surface area (Å²) in [5, 5.41) is 9.13. The third kappa shape index (κ3) is 5.35. The van der Waals surface area contributed by atoms with Gasteiger partial charge in [0.1, 0.15) is 5.84 Å². The summed E-state index contributed by atoms with van der Waals surface area (Å²) >= 11 is 0. The van der Waals surface area contributed by atoms with E-state index in [4.69, 9.17) is 4.99 Å². The molecule has 2 saturated heterocycles. The van der Waals surface area contributed by atoms with Crippen molar-refractivity contribution in [2.75, 3.05) is 39.8 Å². The third-order valence-electron chi connectivity index (χ3n) is 7.87. The Morgan fingerprint density at radius 2 is 1.86 bits per heavy atom. The molecule has 3 atom stereocenters.